The lowest BCUT2D eigenvalue weighted by molar-refractivity contribution is 0.252. The third-order valence-electron chi connectivity index (χ3n) is 3.80. The molecule has 3 rings (SSSR count). The Labute approximate surface area is 139 Å². The van der Waals surface area contributed by atoms with E-state index in [2.05, 4.69) is 21.7 Å². The number of aromatic amines is 1. The maximum Gasteiger partial charge on any atom is 0.319 e. The van der Waals surface area contributed by atoms with Crippen LogP contribution in [0.15, 0.2) is 48.7 Å². The molecule has 0 fully saturated rings. The first-order chi connectivity index (χ1) is 11.1. The quantitative estimate of drug-likeness (QED) is 0.649. The molecule has 3 N–H and O–H groups in total. The van der Waals surface area contributed by atoms with Crippen molar-refractivity contribution in [2.45, 2.75) is 13.3 Å². The molecule has 3 aromatic rings. The van der Waals surface area contributed by atoms with Crippen LogP contribution in [0.4, 0.5) is 10.5 Å². The zero-order valence-corrected chi connectivity index (χ0v) is 13.6. The minimum atomic E-state index is -0.227. The number of halogens is 1. The number of carbonyl (C=O) groups is 1. The van der Waals surface area contributed by atoms with Crippen molar-refractivity contribution in [1.29, 1.82) is 0 Å². The zero-order chi connectivity index (χ0) is 16.2. The molecule has 0 radical (unpaired) electrons. The monoisotopic (exact) mass is 327 g/mol. The van der Waals surface area contributed by atoms with Gasteiger partial charge in [-0.05, 0) is 42.7 Å². The summed E-state index contributed by atoms with van der Waals surface area (Å²) < 4.78 is 0. The van der Waals surface area contributed by atoms with Crippen LogP contribution in [-0.2, 0) is 6.42 Å². The van der Waals surface area contributed by atoms with Gasteiger partial charge in [0.2, 0.25) is 0 Å². The average Bonchev–Trinajstić information content (AvgIpc) is 2.94. The van der Waals surface area contributed by atoms with Gasteiger partial charge in [-0.1, -0.05) is 35.9 Å². The molecule has 4 nitrogen and oxygen atoms in total. The summed E-state index contributed by atoms with van der Waals surface area (Å²) in [5.41, 5.74) is 4.00. The van der Waals surface area contributed by atoms with Crippen molar-refractivity contribution in [3.8, 4) is 0 Å². The minimum absolute atomic E-state index is 0.227. The standard InChI is InChI=1S/C18H18ClN3O/c1-12-6-7-14(19)10-17(12)22-18(23)20-9-8-13-11-21-16-5-3-2-4-15(13)16/h2-7,10-11,21H,8-9H2,1H3,(H2,20,22,23). The first-order valence-corrected chi connectivity index (χ1v) is 7.87. The van der Waals surface area contributed by atoms with E-state index in [1.54, 1.807) is 12.1 Å². The van der Waals surface area contributed by atoms with Gasteiger partial charge in [-0.15, -0.1) is 0 Å². The molecule has 0 saturated heterocycles. The van der Waals surface area contributed by atoms with E-state index >= 15 is 0 Å². The number of rotatable bonds is 4. The number of aromatic nitrogens is 1. The van der Waals surface area contributed by atoms with Crippen molar-refractivity contribution in [1.82, 2.24) is 10.3 Å². The molecule has 1 aromatic heterocycles. The number of fused-ring (bicyclic) bond motifs is 1. The van der Waals surface area contributed by atoms with Crippen LogP contribution in [0.2, 0.25) is 5.02 Å². The number of nitrogens with one attached hydrogen (secondary N) is 3. The summed E-state index contributed by atoms with van der Waals surface area (Å²) in [7, 11) is 0. The van der Waals surface area contributed by atoms with Crippen LogP contribution < -0.4 is 10.6 Å². The van der Waals surface area contributed by atoms with Crippen LogP contribution in [0, 0.1) is 6.92 Å². The molecule has 118 valence electrons. The van der Waals surface area contributed by atoms with Gasteiger partial charge in [0.25, 0.3) is 0 Å². The molecule has 0 unspecified atom stereocenters. The lowest BCUT2D eigenvalue weighted by Gasteiger charge is -2.10. The molecule has 0 atom stereocenters. The molecule has 0 spiro atoms. The Hall–Kier alpha value is -2.46. The van der Waals surface area contributed by atoms with Gasteiger partial charge in [0.05, 0.1) is 0 Å². The molecule has 0 bridgehead atoms. The lowest BCUT2D eigenvalue weighted by Crippen LogP contribution is -2.30. The van der Waals surface area contributed by atoms with Crippen molar-refractivity contribution >= 4 is 34.2 Å². The molecular weight excluding hydrogens is 310 g/mol. The van der Waals surface area contributed by atoms with Crippen LogP contribution in [-0.4, -0.2) is 17.6 Å². The van der Waals surface area contributed by atoms with E-state index in [1.807, 2.05) is 37.4 Å². The number of amides is 2. The number of H-pyrrole nitrogens is 1. The molecule has 0 aliphatic heterocycles. The molecule has 23 heavy (non-hydrogen) atoms. The second-order valence-corrected chi connectivity index (χ2v) is 5.89. The van der Waals surface area contributed by atoms with E-state index in [9.17, 15) is 4.79 Å². The highest BCUT2D eigenvalue weighted by atomic mass is 35.5. The number of anilines is 1. The number of hydrogen-bond donors (Lipinski definition) is 3. The Morgan fingerprint density at radius 2 is 2.04 bits per heavy atom. The van der Waals surface area contributed by atoms with Gasteiger partial charge < -0.3 is 15.6 Å². The number of hydrogen-bond acceptors (Lipinski definition) is 1. The van der Waals surface area contributed by atoms with Crippen molar-refractivity contribution in [3.63, 3.8) is 0 Å². The SMILES string of the molecule is Cc1ccc(Cl)cc1NC(=O)NCCc1c[nH]c2ccccc12. The van der Waals surface area contributed by atoms with Gasteiger partial charge >= 0.3 is 6.03 Å². The van der Waals surface area contributed by atoms with Gasteiger partial charge in [0.1, 0.15) is 0 Å². The summed E-state index contributed by atoms with van der Waals surface area (Å²) in [6.45, 7) is 2.49. The molecular formula is C18H18ClN3O. The molecule has 0 saturated carbocycles. The van der Waals surface area contributed by atoms with E-state index in [1.165, 1.54) is 10.9 Å². The number of benzene rings is 2. The van der Waals surface area contributed by atoms with E-state index in [-0.39, 0.29) is 6.03 Å². The van der Waals surface area contributed by atoms with Gasteiger partial charge in [-0.3, -0.25) is 0 Å². The first kappa shape index (κ1) is 15.4. The number of carbonyl (C=O) groups excluding carboxylic acids is 1. The topological polar surface area (TPSA) is 56.9 Å². The molecule has 1 heterocycles. The summed E-state index contributed by atoms with van der Waals surface area (Å²) in [5, 5.41) is 7.50. The second kappa shape index (κ2) is 6.75. The Balaban J connectivity index is 1.56. The highest BCUT2D eigenvalue weighted by molar-refractivity contribution is 6.31. The Bertz CT molecular complexity index is 841. The number of aryl methyl sites for hydroxylation is 1. The largest absolute Gasteiger partial charge is 0.361 e. The third kappa shape index (κ3) is 3.66. The van der Waals surface area contributed by atoms with Gasteiger partial charge in [0, 0.05) is 34.4 Å². The van der Waals surface area contributed by atoms with Gasteiger partial charge in [-0.2, -0.15) is 0 Å². The first-order valence-electron chi connectivity index (χ1n) is 7.49. The van der Waals surface area contributed by atoms with Crippen LogP contribution in [0.3, 0.4) is 0 Å². The average molecular weight is 328 g/mol. The second-order valence-electron chi connectivity index (χ2n) is 5.45. The van der Waals surface area contributed by atoms with Gasteiger partial charge in [-0.25, -0.2) is 4.79 Å². The fourth-order valence-corrected chi connectivity index (χ4v) is 2.72. The van der Waals surface area contributed by atoms with E-state index in [4.69, 9.17) is 11.6 Å². The lowest BCUT2D eigenvalue weighted by atomic mass is 10.1. The van der Waals surface area contributed by atoms with Crippen LogP contribution >= 0.6 is 11.6 Å². The minimum Gasteiger partial charge on any atom is -0.361 e. The molecule has 2 amide bonds. The summed E-state index contributed by atoms with van der Waals surface area (Å²) >= 11 is 5.95. The highest BCUT2D eigenvalue weighted by Gasteiger charge is 2.06. The van der Waals surface area contributed by atoms with E-state index < -0.39 is 0 Å². The Morgan fingerprint density at radius 3 is 2.91 bits per heavy atom. The number of urea groups is 1. The van der Waals surface area contributed by atoms with Crippen LogP contribution in [0.1, 0.15) is 11.1 Å². The van der Waals surface area contributed by atoms with Crippen molar-refractivity contribution in [2.24, 2.45) is 0 Å². The van der Waals surface area contributed by atoms with E-state index in [0.29, 0.717) is 11.6 Å². The predicted octanol–water partition coefficient (Wildman–Crippen LogP) is 4.49. The van der Waals surface area contributed by atoms with Crippen LogP contribution in [0.25, 0.3) is 10.9 Å². The smallest absolute Gasteiger partial charge is 0.319 e. The van der Waals surface area contributed by atoms with Crippen molar-refractivity contribution in [2.75, 3.05) is 11.9 Å². The summed E-state index contributed by atoms with van der Waals surface area (Å²) in [6.07, 6.45) is 2.76. The predicted molar refractivity (Wildman–Crippen MR) is 95.2 cm³/mol. The molecule has 2 aromatic carbocycles. The Morgan fingerprint density at radius 1 is 1.22 bits per heavy atom. The Kier molecular flexibility index (Phi) is 4.53. The third-order valence-corrected chi connectivity index (χ3v) is 4.04. The van der Waals surface area contributed by atoms with Gasteiger partial charge in [0.15, 0.2) is 0 Å². The molecule has 5 heteroatoms. The van der Waals surface area contributed by atoms with Crippen LogP contribution in [0.5, 0.6) is 0 Å². The number of para-hydroxylation sites is 1. The summed E-state index contributed by atoms with van der Waals surface area (Å²) in [5.74, 6) is 0. The van der Waals surface area contributed by atoms with Crippen molar-refractivity contribution < 1.29 is 4.79 Å². The fourth-order valence-electron chi connectivity index (χ4n) is 2.54. The molecule has 0 aliphatic carbocycles. The summed E-state index contributed by atoms with van der Waals surface area (Å²) in [4.78, 5) is 15.2. The molecule has 0 aliphatic rings. The van der Waals surface area contributed by atoms with Crippen molar-refractivity contribution in [3.05, 3.63) is 64.8 Å². The van der Waals surface area contributed by atoms with E-state index in [0.717, 1.165) is 23.2 Å². The fraction of sp³-hybridized carbons (Fsp3) is 0.167. The zero-order valence-electron chi connectivity index (χ0n) is 12.8. The maximum atomic E-state index is 12.0. The summed E-state index contributed by atoms with van der Waals surface area (Å²) in [6, 6.07) is 13.3. The maximum absolute atomic E-state index is 12.0. The highest BCUT2D eigenvalue weighted by Crippen LogP contribution is 2.20. The normalized spacial score (nSPS) is 10.7.